The largest absolute Gasteiger partial charge is 0.365 e. The molecule has 0 bridgehead atoms. The number of amides is 4. The quantitative estimate of drug-likeness (QED) is 0.691. The molecule has 1 atom stereocenters. The van der Waals surface area contributed by atoms with Gasteiger partial charge in [0.1, 0.15) is 6.04 Å². The lowest BCUT2D eigenvalue weighted by molar-refractivity contribution is -0.136. The lowest BCUT2D eigenvalue weighted by atomic mass is 10.0. The molecule has 0 saturated carbocycles. The minimum atomic E-state index is -2.94. The Kier molecular flexibility index (Phi) is 5.27. The molecule has 8 nitrogen and oxygen atoms in total. The lowest BCUT2D eigenvalue weighted by Crippen LogP contribution is -2.54. The van der Waals surface area contributed by atoms with E-state index >= 15 is 0 Å². The van der Waals surface area contributed by atoms with E-state index in [2.05, 4.69) is 10.6 Å². The van der Waals surface area contributed by atoms with E-state index < -0.39 is 48.7 Å². The van der Waals surface area contributed by atoms with E-state index in [1.54, 1.807) is 6.07 Å². The number of hydrogen-bond acceptors (Lipinski definition) is 6. The Balaban J connectivity index is 1.61. The number of carbonyl (C=O) groups is 4. The van der Waals surface area contributed by atoms with E-state index in [1.807, 2.05) is 0 Å². The zero-order valence-electron chi connectivity index (χ0n) is 16.2. The molecule has 0 aromatic heterocycles. The van der Waals surface area contributed by atoms with Crippen LogP contribution in [0, 0.1) is 0 Å². The van der Waals surface area contributed by atoms with E-state index in [0.717, 1.165) is 11.3 Å². The number of alkyl halides is 2. The van der Waals surface area contributed by atoms with Crippen LogP contribution in [0.2, 0.25) is 0 Å². The molecule has 3 aliphatic heterocycles. The van der Waals surface area contributed by atoms with Gasteiger partial charge < -0.3 is 10.2 Å². The van der Waals surface area contributed by atoms with E-state index in [-0.39, 0.29) is 24.0 Å². The standard InChI is InChI=1S/C20H22F2N4O4/c21-20(22)10-23-7-1-2-8-25(11-20)12-3-4-13-14(9-12)19(30)26(18(13)29)15-5-6-16(27)24-17(15)28/h3-4,9,15,23H,1-2,5-8,10-11H2,(H,24,27,28). The number of anilines is 1. The van der Waals surface area contributed by atoms with Crippen LogP contribution in [0.3, 0.4) is 0 Å². The fourth-order valence-corrected chi connectivity index (χ4v) is 4.11. The second kappa shape index (κ2) is 7.75. The van der Waals surface area contributed by atoms with Gasteiger partial charge in [0.25, 0.3) is 17.7 Å². The monoisotopic (exact) mass is 420 g/mol. The molecule has 2 saturated heterocycles. The summed E-state index contributed by atoms with van der Waals surface area (Å²) in [5.74, 6) is -5.34. The molecular weight excluding hydrogens is 398 g/mol. The molecule has 3 aliphatic rings. The van der Waals surface area contributed by atoms with Crippen molar-refractivity contribution in [1.29, 1.82) is 0 Å². The summed E-state index contributed by atoms with van der Waals surface area (Å²) < 4.78 is 28.5. The molecule has 3 heterocycles. The number of piperidine rings is 1. The van der Waals surface area contributed by atoms with Crippen LogP contribution in [0.1, 0.15) is 46.4 Å². The van der Waals surface area contributed by atoms with Crippen molar-refractivity contribution >= 4 is 29.3 Å². The maximum atomic E-state index is 14.2. The molecule has 1 aromatic rings. The van der Waals surface area contributed by atoms with Gasteiger partial charge in [-0.25, -0.2) is 8.78 Å². The van der Waals surface area contributed by atoms with E-state index in [1.165, 1.54) is 17.0 Å². The van der Waals surface area contributed by atoms with Gasteiger partial charge in [0, 0.05) is 18.7 Å². The molecule has 4 amide bonds. The number of hydrogen-bond donors (Lipinski definition) is 2. The molecule has 2 N–H and O–H groups in total. The highest BCUT2D eigenvalue weighted by Gasteiger charge is 2.45. The van der Waals surface area contributed by atoms with Gasteiger partial charge in [-0.15, -0.1) is 0 Å². The van der Waals surface area contributed by atoms with Crippen LogP contribution < -0.4 is 15.5 Å². The minimum absolute atomic E-state index is 0.0337. The average Bonchev–Trinajstić information content (AvgIpc) is 2.98. The number of halogens is 2. The summed E-state index contributed by atoms with van der Waals surface area (Å²) in [7, 11) is 0. The van der Waals surface area contributed by atoms with Crippen LogP contribution in [0.15, 0.2) is 18.2 Å². The van der Waals surface area contributed by atoms with E-state index in [9.17, 15) is 28.0 Å². The third-order valence-corrected chi connectivity index (χ3v) is 5.63. The Hall–Kier alpha value is -2.88. The number of carbonyl (C=O) groups excluding carboxylic acids is 4. The average molecular weight is 420 g/mol. The Morgan fingerprint density at radius 1 is 1.03 bits per heavy atom. The predicted octanol–water partition coefficient (Wildman–Crippen LogP) is 0.913. The molecule has 160 valence electrons. The van der Waals surface area contributed by atoms with Crippen LogP contribution in [0.4, 0.5) is 14.5 Å². The second-order valence-corrected chi connectivity index (χ2v) is 7.84. The Labute approximate surface area is 171 Å². The summed E-state index contributed by atoms with van der Waals surface area (Å²) in [6, 6.07) is 3.39. The first-order valence-corrected chi connectivity index (χ1v) is 9.96. The fourth-order valence-electron chi connectivity index (χ4n) is 4.11. The molecule has 1 unspecified atom stereocenters. The van der Waals surface area contributed by atoms with Crippen molar-refractivity contribution in [2.75, 3.05) is 31.1 Å². The van der Waals surface area contributed by atoms with Crippen molar-refractivity contribution < 1.29 is 28.0 Å². The highest BCUT2D eigenvalue weighted by molar-refractivity contribution is 6.23. The molecule has 10 heteroatoms. The summed E-state index contributed by atoms with van der Waals surface area (Å²) in [5.41, 5.74) is 0.649. The fraction of sp³-hybridized carbons (Fsp3) is 0.500. The van der Waals surface area contributed by atoms with Gasteiger partial charge in [-0.05, 0) is 44.0 Å². The molecule has 30 heavy (non-hydrogen) atoms. The number of nitrogens with zero attached hydrogens (tertiary/aromatic N) is 2. The van der Waals surface area contributed by atoms with Gasteiger partial charge in [0.05, 0.1) is 24.2 Å². The number of nitrogens with one attached hydrogen (secondary N) is 2. The summed E-state index contributed by atoms with van der Waals surface area (Å²) >= 11 is 0. The first-order valence-electron chi connectivity index (χ1n) is 9.96. The highest BCUT2D eigenvalue weighted by atomic mass is 19.3. The third-order valence-electron chi connectivity index (χ3n) is 5.63. The minimum Gasteiger partial charge on any atom is -0.365 e. The molecular formula is C20H22F2N4O4. The number of fused-ring (bicyclic) bond motifs is 1. The topological polar surface area (TPSA) is 98.8 Å². The SMILES string of the molecule is O=C1CCC(N2C(=O)c3ccc(N4CCCCNCC(F)(F)C4)cc3C2=O)C(=O)N1. The van der Waals surface area contributed by atoms with Crippen molar-refractivity contribution in [1.82, 2.24) is 15.5 Å². The normalized spacial score (nSPS) is 24.8. The van der Waals surface area contributed by atoms with Crippen molar-refractivity contribution in [3.05, 3.63) is 29.3 Å². The van der Waals surface area contributed by atoms with Crippen molar-refractivity contribution in [2.24, 2.45) is 0 Å². The molecule has 0 aliphatic carbocycles. The Morgan fingerprint density at radius 3 is 2.57 bits per heavy atom. The maximum absolute atomic E-state index is 14.2. The van der Waals surface area contributed by atoms with E-state index in [4.69, 9.17) is 0 Å². The maximum Gasteiger partial charge on any atom is 0.277 e. The number of benzene rings is 1. The Bertz CT molecular complexity index is 920. The lowest BCUT2D eigenvalue weighted by Gasteiger charge is -2.28. The number of rotatable bonds is 2. The smallest absolute Gasteiger partial charge is 0.277 e. The summed E-state index contributed by atoms with van der Waals surface area (Å²) in [6.45, 7) is -0.0104. The van der Waals surface area contributed by atoms with E-state index in [0.29, 0.717) is 25.2 Å². The van der Waals surface area contributed by atoms with Gasteiger partial charge in [-0.2, -0.15) is 0 Å². The number of imide groups is 2. The summed E-state index contributed by atoms with van der Waals surface area (Å²) in [4.78, 5) is 51.6. The zero-order valence-corrected chi connectivity index (χ0v) is 16.2. The van der Waals surface area contributed by atoms with Crippen LogP contribution in [0.5, 0.6) is 0 Å². The third kappa shape index (κ3) is 3.79. The first-order chi connectivity index (χ1) is 14.3. The molecule has 4 rings (SSSR count). The van der Waals surface area contributed by atoms with Gasteiger partial charge in [-0.3, -0.25) is 29.4 Å². The van der Waals surface area contributed by atoms with Crippen LogP contribution in [-0.4, -0.2) is 66.7 Å². The molecule has 2 fully saturated rings. The van der Waals surface area contributed by atoms with Gasteiger partial charge >= 0.3 is 0 Å². The van der Waals surface area contributed by atoms with Gasteiger partial charge in [0.15, 0.2) is 0 Å². The zero-order chi connectivity index (χ0) is 21.5. The molecule has 0 radical (unpaired) electrons. The summed E-state index contributed by atoms with van der Waals surface area (Å²) in [6.07, 6.45) is 1.55. The van der Waals surface area contributed by atoms with Gasteiger partial charge in [-0.1, -0.05) is 0 Å². The van der Waals surface area contributed by atoms with Crippen LogP contribution in [-0.2, 0) is 9.59 Å². The second-order valence-electron chi connectivity index (χ2n) is 7.84. The molecule has 0 spiro atoms. The van der Waals surface area contributed by atoms with Crippen LogP contribution in [0.25, 0.3) is 0 Å². The molecule has 1 aromatic carbocycles. The van der Waals surface area contributed by atoms with Crippen LogP contribution >= 0.6 is 0 Å². The highest BCUT2D eigenvalue weighted by Crippen LogP contribution is 2.31. The summed E-state index contributed by atoms with van der Waals surface area (Å²) in [5, 5.41) is 4.89. The van der Waals surface area contributed by atoms with Crippen molar-refractivity contribution in [2.45, 2.75) is 37.6 Å². The predicted molar refractivity (Wildman–Crippen MR) is 102 cm³/mol. The van der Waals surface area contributed by atoms with Crippen molar-refractivity contribution in [3.8, 4) is 0 Å². The first kappa shape index (κ1) is 20.4. The van der Waals surface area contributed by atoms with Gasteiger partial charge in [0.2, 0.25) is 11.8 Å². The van der Waals surface area contributed by atoms with Crippen molar-refractivity contribution in [3.63, 3.8) is 0 Å². The Morgan fingerprint density at radius 2 is 1.80 bits per heavy atom.